The van der Waals surface area contributed by atoms with Crippen molar-refractivity contribution in [3.8, 4) is 0 Å². The van der Waals surface area contributed by atoms with Gasteiger partial charge in [0.25, 0.3) is 5.91 Å². The molecule has 1 N–H and O–H groups in total. The van der Waals surface area contributed by atoms with Gasteiger partial charge in [0.15, 0.2) is 0 Å². The fourth-order valence-electron chi connectivity index (χ4n) is 1.96. The Morgan fingerprint density at radius 1 is 1.44 bits per heavy atom. The summed E-state index contributed by atoms with van der Waals surface area (Å²) in [7, 11) is 1.38. The van der Waals surface area contributed by atoms with E-state index in [1.54, 1.807) is 6.07 Å². The standard InChI is InChI=1S/C12H15ClFN3O/c1-16(13)12(18)10-3-2-9(8-11(10)14)17-6-4-15-5-7-17/h2-3,8,15H,4-7H2,1H3. The molecule has 1 saturated heterocycles. The second-order valence-corrected chi connectivity index (χ2v) is 4.69. The Morgan fingerprint density at radius 3 is 2.67 bits per heavy atom. The molecule has 0 saturated carbocycles. The Bertz CT molecular complexity index is 447. The summed E-state index contributed by atoms with van der Waals surface area (Å²) in [6, 6.07) is 4.62. The molecule has 0 atom stereocenters. The molecule has 1 aromatic carbocycles. The maximum Gasteiger partial charge on any atom is 0.270 e. The number of hydrogen-bond acceptors (Lipinski definition) is 3. The molecular formula is C12H15ClFN3O. The van der Waals surface area contributed by atoms with Crippen LogP contribution in [0, 0.1) is 5.82 Å². The predicted molar refractivity (Wildman–Crippen MR) is 69.4 cm³/mol. The number of anilines is 1. The zero-order chi connectivity index (χ0) is 13.1. The van der Waals surface area contributed by atoms with Crippen LogP contribution in [0.1, 0.15) is 10.4 Å². The number of nitrogens with one attached hydrogen (secondary N) is 1. The monoisotopic (exact) mass is 271 g/mol. The summed E-state index contributed by atoms with van der Waals surface area (Å²) in [6.45, 7) is 3.43. The summed E-state index contributed by atoms with van der Waals surface area (Å²) in [5.74, 6) is -1.08. The second kappa shape index (κ2) is 5.54. The molecule has 0 unspecified atom stereocenters. The average Bonchev–Trinajstić information content (AvgIpc) is 2.38. The summed E-state index contributed by atoms with van der Waals surface area (Å²) in [5, 5.41) is 3.23. The molecule has 1 fully saturated rings. The van der Waals surface area contributed by atoms with Crippen molar-refractivity contribution in [3.05, 3.63) is 29.6 Å². The summed E-state index contributed by atoms with van der Waals surface area (Å²) in [4.78, 5) is 13.7. The Hall–Kier alpha value is -1.33. The smallest absolute Gasteiger partial charge is 0.270 e. The number of benzene rings is 1. The van der Waals surface area contributed by atoms with Gasteiger partial charge in [0.2, 0.25) is 0 Å². The molecule has 98 valence electrons. The van der Waals surface area contributed by atoms with E-state index in [4.69, 9.17) is 11.8 Å². The minimum atomic E-state index is -0.541. The number of carbonyl (C=O) groups excluding carboxylic acids is 1. The van der Waals surface area contributed by atoms with Gasteiger partial charge in [0.1, 0.15) is 5.82 Å². The van der Waals surface area contributed by atoms with E-state index in [-0.39, 0.29) is 5.56 Å². The molecule has 0 bridgehead atoms. The number of piperazine rings is 1. The summed E-state index contributed by atoms with van der Waals surface area (Å²) in [6.07, 6.45) is 0. The summed E-state index contributed by atoms with van der Waals surface area (Å²) < 4.78 is 14.7. The number of rotatable bonds is 2. The minimum absolute atomic E-state index is 0.00798. The van der Waals surface area contributed by atoms with Crippen LogP contribution >= 0.6 is 11.8 Å². The van der Waals surface area contributed by atoms with Gasteiger partial charge in [-0.15, -0.1) is 0 Å². The van der Waals surface area contributed by atoms with Crippen LogP contribution < -0.4 is 10.2 Å². The SMILES string of the molecule is CN(Cl)C(=O)c1ccc(N2CCNCC2)cc1F. The van der Waals surface area contributed by atoms with Gasteiger partial charge >= 0.3 is 0 Å². The van der Waals surface area contributed by atoms with Gasteiger partial charge in [0.05, 0.1) is 5.56 Å². The molecule has 1 amide bonds. The Balaban J connectivity index is 2.21. The van der Waals surface area contributed by atoms with Gasteiger partial charge in [-0.05, 0) is 18.2 Å². The van der Waals surface area contributed by atoms with Gasteiger partial charge in [-0.25, -0.2) is 4.39 Å². The Labute approximate surface area is 110 Å². The fourth-order valence-corrected chi connectivity index (χ4v) is 2.05. The van der Waals surface area contributed by atoms with E-state index in [2.05, 4.69) is 10.2 Å². The third-order valence-electron chi connectivity index (χ3n) is 2.95. The van der Waals surface area contributed by atoms with Gasteiger partial charge in [-0.3, -0.25) is 9.21 Å². The van der Waals surface area contributed by atoms with Crippen molar-refractivity contribution in [2.75, 3.05) is 38.1 Å². The zero-order valence-corrected chi connectivity index (χ0v) is 10.9. The van der Waals surface area contributed by atoms with Crippen LogP contribution in [0.3, 0.4) is 0 Å². The van der Waals surface area contributed by atoms with E-state index in [0.29, 0.717) is 0 Å². The molecule has 0 aliphatic carbocycles. The van der Waals surface area contributed by atoms with Crippen molar-refractivity contribution in [2.45, 2.75) is 0 Å². The number of halogens is 2. The number of amides is 1. The number of carbonyl (C=O) groups is 1. The van der Waals surface area contributed by atoms with E-state index in [0.717, 1.165) is 36.3 Å². The lowest BCUT2D eigenvalue weighted by atomic mass is 10.1. The van der Waals surface area contributed by atoms with E-state index >= 15 is 0 Å². The topological polar surface area (TPSA) is 35.6 Å². The molecule has 0 radical (unpaired) electrons. The van der Waals surface area contributed by atoms with Crippen molar-refractivity contribution >= 4 is 23.4 Å². The van der Waals surface area contributed by atoms with Crippen LogP contribution in [0.15, 0.2) is 18.2 Å². The third kappa shape index (κ3) is 2.73. The van der Waals surface area contributed by atoms with Gasteiger partial charge in [0, 0.05) is 50.7 Å². The highest BCUT2D eigenvalue weighted by Gasteiger charge is 2.17. The van der Waals surface area contributed by atoms with E-state index in [1.165, 1.54) is 19.2 Å². The average molecular weight is 272 g/mol. The minimum Gasteiger partial charge on any atom is -0.369 e. The Kier molecular flexibility index (Phi) is 4.04. The lowest BCUT2D eigenvalue weighted by Gasteiger charge is -2.29. The van der Waals surface area contributed by atoms with Crippen LogP contribution in [0.4, 0.5) is 10.1 Å². The zero-order valence-electron chi connectivity index (χ0n) is 10.1. The van der Waals surface area contributed by atoms with Crippen LogP contribution in [0.5, 0.6) is 0 Å². The fraction of sp³-hybridized carbons (Fsp3) is 0.417. The first-order valence-electron chi connectivity index (χ1n) is 5.78. The molecule has 2 rings (SSSR count). The van der Waals surface area contributed by atoms with Gasteiger partial charge < -0.3 is 10.2 Å². The van der Waals surface area contributed by atoms with E-state index in [1.807, 2.05) is 0 Å². The van der Waals surface area contributed by atoms with Crippen molar-refractivity contribution in [3.63, 3.8) is 0 Å². The third-order valence-corrected chi connectivity index (χ3v) is 3.10. The molecule has 18 heavy (non-hydrogen) atoms. The molecule has 0 aromatic heterocycles. The summed E-state index contributed by atoms with van der Waals surface area (Å²) in [5.41, 5.74) is 0.786. The quantitative estimate of drug-likeness (QED) is 0.828. The molecule has 6 heteroatoms. The van der Waals surface area contributed by atoms with Crippen LogP contribution in [0.25, 0.3) is 0 Å². The first-order valence-corrected chi connectivity index (χ1v) is 6.12. The molecule has 1 aliphatic heterocycles. The van der Waals surface area contributed by atoms with E-state index < -0.39 is 11.7 Å². The highest BCUT2D eigenvalue weighted by atomic mass is 35.5. The van der Waals surface area contributed by atoms with Crippen molar-refractivity contribution < 1.29 is 9.18 Å². The molecule has 4 nitrogen and oxygen atoms in total. The van der Waals surface area contributed by atoms with Gasteiger partial charge in [-0.2, -0.15) is 0 Å². The maximum atomic E-state index is 13.9. The highest BCUT2D eigenvalue weighted by molar-refractivity contribution is 6.23. The van der Waals surface area contributed by atoms with Crippen LogP contribution in [-0.2, 0) is 0 Å². The highest BCUT2D eigenvalue weighted by Crippen LogP contribution is 2.20. The predicted octanol–water partition coefficient (Wildman–Crippen LogP) is 1.46. The molecule has 1 heterocycles. The van der Waals surface area contributed by atoms with Crippen molar-refractivity contribution in [1.29, 1.82) is 0 Å². The molecule has 1 aliphatic rings. The normalized spacial score (nSPS) is 15.6. The van der Waals surface area contributed by atoms with E-state index in [9.17, 15) is 9.18 Å². The largest absolute Gasteiger partial charge is 0.369 e. The first-order chi connectivity index (χ1) is 8.59. The maximum absolute atomic E-state index is 13.9. The lowest BCUT2D eigenvalue weighted by molar-refractivity contribution is 0.0880. The summed E-state index contributed by atoms with van der Waals surface area (Å²) >= 11 is 5.52. The van der Waals surface area contributed by atoms with Crippen molar-refractivity contribution in [1.82, 2.24) is 9.74 Å². The number of hydrogen-bond donors (Lipinski definition) is 1. The molecular weight excluding hydrogens is 257 g/mol. The van der Waals surface area contributed by atoms with Gasteiger partial charge in [-0.1, -0.05) is 0 Å². The van der Waals surface area contributed by atoms with Crippen LogP contribution in [0.2, 0.25) is 0 Å². The molecule has 1 aromatic rings. The first kappa shape index (κ1) is 13.1. The van der Waals surface area contributed by atoms with Crippen LogP contribution in [-0.4, -0.2) is 43.6 Å². The Morgan fingerprint density at radius 2 is 2.11 bits per heavy atom. The lowest BCUT2D eigenvalue weighted by Crippen LogP contribution is -2.43. The number of nitrogens with zero attached hydrogens (tertiary/aromatic N) is 2. The second-order valence-electron chi connectivity index (χ2n) is 4.18. The molecule has 0 spiro atoms. The van der Waals surface area contributed by atoms with Crippen molar-refractivity contribution in [2.24, 2.45) is 0 Å².